The molecule has 31 heavy (non-hydrogen) atoms. The summed E-state index contributed by atoms with van der Waals surface area (Å²) in [5, 5.41) is 6.33. The molecular weight excluding hydrogens is 415 g/mol. The number of halogens is 3. The fourth-order valence-corrected chi connectivity index (χ4v) is 2.66. The first-order chi connectivity index (χ1) is 14.9. The summed E-state index contributed by atoms with van der Waals surface area (Å²) in [6.07, 6.45) is -4.49. The molecule has 1 aromatic heterocycles. The number of anilines is 1. The summed E-state index contributed by atoms with van der Waals surface area (Å²) < 4.78 is 54.6. The Labute approximate surface area is 176 Å². The molecule has 0 unspecified atom stereocenters. The normalized spacial score (nSPS) is 11.4. The van der Waals surface area contributed by atoms with Crippen molar-refractivity contribution >= 4 is 11.6 Å². The maximum atomic E-state index is 13.1. The molecule has 10 heteroatoms. The molecule has 0 saturated heterocycles. The third-order valence-corrected chi connectivity index (χ3v) is 4.19. The van der Waals surface area contributed by atoms with E-state index < -0.39 is 17.6 Å². The van der Waals surface area contributed by atoms with Crippen LogP contribution in [0.15, 0.2) is 53.1 Å². The lowest BCUT2D eigenvalue weighted by Crippen LogP contribution is -2.15. The van der Waals surface area contributed by atoms with E-state index in [1.54, 1.807) is 0 Å². The van der Waals surface area contributed by atoms with Crippen LogP contribution < -0.4 is 10.1 Å². The first-order valence-electron chi connectivity index (χ1n) is 9.37. The number of carbonyl (C=O) groups excluding carboxylic acids is 1. The molecule has 164 valence electrons. The number of alkyl halides is 3. The molecule has 3 rings (SSSR count). The molecular formula is C21H20F3N3O4. The van der Waals surface area contributed by atoms with Gasteiger partial charge in [-0.3, -0.25) is 4.79 Å². The minimum Gasteiger partial charge on any atom is -0.489 e. The lowest BCUT2D eigenvalue weighted by molar-refractivity contribution is -0.137. The molecule has 1 N–H and O–H groups in total. The highest BCUT2D eigenvalue weighted by Gasteiger charge is 2.31. The van der Waals surface area contributed by atoms with Gasteiger partial charge < -0.3 is 19.3 Å². The van der Waals surface area contributed by atoms with Gasteiger partial charge in [-0.25, -0.2) is 0 Å². The summed E-state index contributed by atoms with van der Waals surface area (Å²) in [6, 6.07) is 12.1. The smallest absolute Gasteiger partial charge is 0.416 e. The average Bonchev–Trinajstić information content (AvgIpc) is 3.22. The molecule has 0 atom stereocenters. The molecule has 1 heterocycles. The van der Waals surface area contributed by atoms with Gasteiger partial charge in [0.25, 0.3) is 0 Å². The van der Waals surface area contributed by atoms with Crippen molar-refractivity contribution in [3.05, 3.63) is 60.0 Å². The van der Waals surface area contributed by atoms with E-state index in [1.807, 2.05) is 30.3 Å². The van der Waals surface area contributed by atoms with Crippen molar-refractivity contribution < 1.29 is 32.0 Å². The largest absolute Gasteiger partial charge is 0.489 e. The molecule has 0 fully saturated rings. The lowest BCUT2D eigenvalue weighted by Gasteiger charge is -2.15. The van der Waals surface area contributed by atoms with Crippen LogP contribution in [-0.4, -0.2) is 36.4 Å². The minimum atomic E-state index is -4.55. The summed E-state index contributed by atoms with van der Waals surface area (Å²) in [7, 11) is 1.47. The molecule has 3 aromatic rings. The molecule has 0 saturated carbocycles. The standard InChI is InChI=1S/C21H20F3N3O4/c1-29-11-12-30-17-8-7-15(21(22,23)24)13-16(17)25-18(28)9-10-19-26-20(27-31-19)14-5-3-2-4-6-14/h2-8,13H,9-12H2,1H3,(H,25,28). The van der Waals surface area contributed by atoms with Gasteiger partial charge in [0, 0.05) is 25.5 Å². The second-order valence-corrected chi connectivity index (χ2v) is 6.48. The van der Waals surface area contributed by atoms with Gasteiger partial charge in [-0.2, -0.15) is 18.2 Å². The van der Waals surface area contributed by atoms with Gasteiger partial charge in [0.2, 0.25) is 17.6 Å². The Hall–Kier alpha value is -3.40. The number of ether oxygens (including phenoxy) is 2. The van der Waals surface area contributed by atoms with E-state index in [-0.39, 0.29) is 43.4 Å². The Morgan fingerprint density at radius 1 is 1.13 bits per heavy atom. The number of hydrogen-bond donors (Lipinski definition) is 1. The van der Waals surface area contributed by atoms with Crippen molar-refractivity contribution in [2.24, 2.45) is 0 Å². The van der Waals surface area contributed by atoms with E-state index in [0.717, 1.165) is 23.8 Å². The highest BCUT2D eigenvalue weighted by Crippen LogP contribution is 2.35. The third-order valence-electron chi connectivity index (χ3n) is 4.19. The van der Waals surface area contributed by atoms with E-state index in [2.05, 4.69) is 15.5 Å². The number of aromatic nitrogens is 2. The predicted molar refractivity (Wildman–Crippen MR) is 105 cm³/mol. The van der Waals surface area contributed by atoms with E-state index in [1.165, 1.54) is 7.11 Å². The summed E-state index contributed by atoms with van der Waals surface area (Å²) >= 11 is 0. The number of aryl methyl sites for hydroxylation is 1. The number of methoxy groups -OCH3 is 1. The molecule has 1 amide bonds. The van der Waals surface area contributed by atoms with Crippen molar-refractivity contribution in [2.45, 2.75) is 19.0 Å². The van der Waals surface area contributed by atoms with Crippen molar-refractivity contribution in [1.82, 2.24) is 10.1 Å². The van der Waals surface area contributed by atoms with Crippen LogP contribution in [0.5, 0.6) is 5.75 Å². The Morgan fingerprint density at radius 3 is 2.61 bits per heavy atom. The SMILES string of the molecule is COCCOc1ccc(C(F)(F)F)cc1NC(=O)CCc1nc(-c2ccccc2)no1. The Balaban J connectivity index is 1.65. The first kappa shape index (κ1) is 22.3. The van der Waals surface area contributed by atoms with Gasteiger partial charge in [0.15, 0.2) is 0 Å². The molecule has 7 nitrogen and oxygen atoms in total. The lowest BCUT2D eigenvalue weighted by atomic mass is 10.1. The monoisotopic (exact) mass is 435 g/mol. The van der Waals surface area contributed by atoms with Gasteiger partial charge in [-0.15, -0.1) is 0 Å². The summed E-state index contributed by atoms with van der Waals surface area (Å²) in [5.41, 5.74) is -0.207. The summed E-state index contributed by atoms with van der Waals surface area (Å²) in [6.45, 7) is 0.365. The van der Waals surface area contributed by atoms with Crippen LogP contribution in [0.4, 0.5) is 18.9 Å². The molecule has 0 spiro atoms. The van der Waals surface area contributed by atoms with Gasteiger partial charge in [0.1, 0.15) is 12.4 Å². The summed E-state index contributed by atoms with van der Waals surface area (Å²) in [4.78, 5) is 16.6. The number of nitrogens with one attached hydrogen (secondary N) is 1. The van der Waals surface area contributed by atoms with Crippen LogP contribution in [-0.2, 0) is 22.1 Å². The Morgan fingerprint density at radius 2 is 1.90 bits per heavy atom. The minimum absolute atomic E-state index is 0.0653. The van der Waals surface area contributed by atoms with Crippen molar-refractivity contribution in [2.75, 3.05) is 25.6 Å². The van der Waals surface area contributed by atoms with Gasteiger partial charge in [-0.1, -0.05) is 35.5 Å². The third kappa shape index (κ3) is 6.29. The fraction of sp³-hybridized carbons (Fsp3) is 0.286. The predicted octanol–water partition coefficient (Wildman–Crippen LogP) is 4.35. The number of carbonyl (C=O) groups is 1. The molecule has 2 aromatic carbocycles. The van der Waals surface area contributed by atoms with Crippen molar-refractivity contribution in [3.63, 3.8) is 0 Å². The quantitative estimate of drug-likeness (QED) is 0.503. The fourth-order valence-electron chi connectivity index (χ4n) is 2.66. The van der Waals surface area contributed by atoms with Crippen LogP contribution in [0.25, 0.3) is 11.4 Å². The van der Waals surface area contributed by atoms with Crippen LogP contribution in [0.1, 0.15) is 17.9 Å². The van der Waals surface area contributed by atoms with Gasteiger partial charge in [-0.05, 0) is 18.2 Å². The average molecular weight is 435 g/mol. The van der Waals surface area contributed by atoms with Crippen molar-refractivity contribution in [1.29, 1.82) is 0 Å². The van der Waals surface area contributed by atoms with Gasteiger partial charge >= 0.3 is 6.18 Å². The maximum Gasteiger partial charge on any atom is 0.416 e. The Kier molecular flexibility index (Phi) is 7.24. The summed E-state index contributed by atoms with van der Waals surface area (Å²) in [5.74, 6) is 0.232. The van der Waals surface area contributed by atoms with Gasteiger partial charge in [0.05, 0.1) is 17.9 Å². The molecule has 0 aliphatic heterocycles. The highest BCUT2D eigenvalue weighted by atomic mass is 19.4. The molecule has 0 radical (unpaired) electrons. The molecule has 0 aliphatic rings. The number of rotatable bonds is 9. The highest BCUT2D eigenvalue weighted by molar-refractivity contribution is 5.92. The van der Waals surface area contributed by atoms with E-state index in [4.69, 9.17) is 14.0 Å². The first-order valence-corrected chi connectivity index (χ1v) is 9.37. The second kappa shape index (κ2) is 10.1. The van der Waals surface area contributed by atoms with E-state index in [9.17, 15) is 18.0 Å². The number of nitrogens with zero attached hydrogens (tertiary/aromatic N) is 2. The maximum absolute atomic E-state index is 13.1. The zero-order valence-electron chi connectivity index (χ0n) is 16.6. The zero-order valence-corrected chi connectivity index (χ0v) is 16.6. The van der Waals surface area contributed by atoms with E-state index in [0.29, 0.717) is 5.82 Å². The van der Waals surface area contributed by atoms with E-state index >= 15 is 0 Å². The van der Waals surface area contributed by atoms with Crippen LogP contribution in [0, 0.1) is 0 Å². The molecule has 0 aliphatic carbocycles. The Bertz CT molecular complexity index is 1010. The zero-order chi connectivity index (χ0) is 22.3. The number of amides is 1. The van der Waals surface area contributed by atoms with Crippen LogP contribution in [0.2, 0.25) is 0 Å². The second-order valence-electron chi connectivity index (χ2n) is 6.48. The van der Waals surface area contributed by atoms with Crippen LogP contribution >= 0.6 is 0 Å². The number of benzene rings is 2. The van der Waals surface area contributed by atoms with Crippen LogP contribution in [0.3, 0.4) is 0 Å². The number of hydrogen-bond acceptors (Lipinski definition) is 6. The topological polar surface area (TPSA) is 86.5 Å². The van der Waals surface area contributed by atoms with Crippen molar-refractivity contribution in [3.8, 4) is 17.1 Å². The molecule has 0 bridgehead atoms.